The third-order valence-corrected chi connectivity index (χ3v) is 26.0. The molecular weight excluding hydrogens is 1670 g/mol. The SMILES string of the molecule is N#Cc1ccc(-c2ccccc2-n2c3ccccc3c3c4c(ccc32)oc2ccccc24)cn1.N#Cc1cccnc1-c1ccccc1-n1c2ccccc2c2c3c(ccc21)oc1ccccc13.N#Cc1ccnc(-c2ccccc2-n2c3ccccc3c3c4c(ccc32)oc2ccccc24)c1.N#Cc1ncccc1-c1ccccc1-n1c2ccccc2c2c3c(ccc21)oc1ccccc13. The quantitative estimate of drug-likeness (QED) is 0.139. The van der Waals surface area contributed by atoms with Crippen molar-refractivity contribution in [3.8, 4) is 91.8 Å². The normalized spacial score (nSPS) is 11.5. The Morgan fingerprint density at radius 3 is 0.985 bits per heavy atom. The fraction of sp³-hybridized carbons (Fsp3) is 0. The Balaban J connectivity index is 0.0000000965. The molecule has 16 aromatic carbocycles. The number of rotatable bonds is 8. The fourth-order valence-corrected chi connectivity index (χ4v) is 20.4. The van der Waals surface area contributed by atoms with Gasteiger partial charge >= 0.3 is 0 Å². The summed E-state index contributed by atoms with van der Waals surface area (Å²) in [5, 5.41) is 56.3. The lowest BCUT2D eigenvalue weighted by Crippen LogP contribution is -1.99. The molecule has 16 heteroatoms. The van der Waals surface area contributed by atoms with Crippen LogP contribution in [0.5, 0.6) is 0 Å². The summed E-state index contributed by atoms with van der Waals surface area (Å²) in [5.74, 6) is 0. The molecule has 12 aromatic heterocycles. The van der Waals surface area contributed by atoms with Gasteiger partial charge in [-0.1, -0.05) is 218 Å². The van der Waals surface area contributed by atoms with E-state index in [1.54, 1.807) is 43.0 Å². The van der Waals surface area contributed by atoms with Gasteiger partial charge in [-0.15, -0.1) is 0 Å². The Bertz CT molecular complexity index is 9720. The summed E-state index contributed by atoms with van der Waals surface area (Å²) >= 11 is 0. The topological polar surface area (TPSA) is 219 Å². The molecule has 16 nitrogen and oxygen atoms in total. The summed E-state index contributed by atoms with van der Waals surface area (Å²) < 4.78 is 33.9. The lowest BCUT2D eigenvalue weighted by atomic mass is 10.0. The van der Waals surface area contributed by atoms with Gasteiger partial charge in [-0.05, 0) is 170 Å². The second kappa shape index (κ2) is 32.3. The average molecular weight is 1740 g/mol. The minimum Gasteiger partial charge on any atom is -0.456 e. The van der Waals surface area contributed by atoms with E-state index < -0.39 is 0 Å². The van der Waals surface area contributed by atoms with Crippen molar-refractivity contribution >= 4 is 175 Å². The van der Waals surface area contributed by atoms with E-state index in [-0.39, 0.29) is 0 Å². The molecule has 0 aliphatic carbocycles. The van der Waals surface area contributed by atoms with E-state index in [0.717, 1.165) is 210 Å². The Hall–Kier alpha value is -19.5. The highest BCUT2D eigenvalue weighted by molar-refractivity contribution is 6.32. The summed E-state index contributed by atoms with van der Waals surface area (Å²) in [6.07, 6.45) is 6.86. The molecule has 12 heterocycles. The van der Waals surface area contributed by atoms with Gasteiger partial charge in [-0.2, -0.15) is 21.0 Å². The van der Waals surface area contributed by atoms with E-state index in [1.165, 1.54) is 26.9 Å². The van der Waals surface area contributed by atoms with Gasteiger partial charge < -0.3 is 35.9 Å². The number of furan rings is 4. The van der Waals surface area contributed by atoms with Crippen LogP contribution in [0, 0.1) is 45.3 Å². The van der Waals surface area contributed by atoms with Crippen LogP contribution in [0.15, 0.2) is 431 Å². The first-order valence-electron chi connectivity index (χ1n) is 44.5. The van der Waals surface area contributed by atoms with Crippen LogP contribution >= 0.6 is 0 Å². The van der Waals surface area contributed by atoms with Gasteiger partial charge in [0.05, 0.1) is 95.5 Å². The molecular formula is C120H68N12O4. The van der Waals surface area contributed by atoms with Crippen LogP contribution in [-0.4, -0.2) is 38.2 Å². The number of aromatic nitrogens is 8. The predicted octanol–water partition coefficient (Wildman–Crippen LogP) is 30.5. The minimum absolute atomic E-state index is 0.410. The molecule has 0 saturated carbocycles. The smallest absolute Gasteiger partial charge is 0.148 e. The zero-order valence-corrected chi connectivity index (χ0v) is 72.3. The van der Waals surface area contributed by atoms with Crippen molar-refractivity contribution in [2.45, 2.75) is 0 Å². The number of nitrogens with zero attached hydrogens (tertiary/aromatic N) is 12. The highest BCUT2D eigenvalue weighted by atomic mass is 16.3. The van der Waals surface area contributed by atoms with Gasteiger partial charge in [0.2, 0.25) is 0 Å². The van der Waals surface area contributed by atoms with E-state index >= 15 is 0 Å². The molecule has 0 fully saturated rings. The molecule has 28 aromatic rings. The summed E-state index contributed by atoms with van der Waals surface area (Å²) in [6, 6.07) is 140. The number of nitriles is 4. The predicted molar refractivity (Wildman–Crippen MR) is 544 cm³/mol. The van der Waals surface area contributed by atoms with Crippen LogP contribution in [0.25, 0.3) is 242 Å². The first-order chi connectivity index (χ1) is 67.4. The number of fused-ring (bicyclic) bond motifs is 28. The molecule has 28 rings (SSSR count). The fourth-order valence-electron chi connectivity index (χ4n) is 20.4. The summed E-state index contributed by atoms with van der Waals surface area (Å²) in [4.78, 5) is 17.8. The molecule has 0 spiro atoms. The van der Waals surface area contributed by atoms with Crippen molar-refractivity contribution in [2.24, 2.45) is 0 Å². The minimum atomic E-state index is 0.410. The van der Waals surface area contributed by atoms with Gasteiger partial charge in [0.1, 0.15) is 74.3 Å². The monoisotopic (exact) mass is 1740 g/mol. The molecule has 136 heavy (non-hydrogen) atoms. The van der Waals surface area contributed by atoms with E-state index in [1.807, 2.05) is 127 Å². The Labute approximate surface area is 774 Å². The Morgan fingerprint density at radius 2 is 0.574 bits per heavy atom. The molecule has 0 unspecified atom stereocenters. The summed E-state index contributed by atoms with van der Waals surface area (Å²) in [6.45, 7) is 0. The lowest BCUT2D eigenvalue weighted by molar-refractivity contribution is 0.669. The van der Waals surface area contributed by atoms with Crippen molar-refractivity contribution in [2.75, 3.05) is 0 Å². The molecule has 0 saturated heterocycles. The van der Waals surface area contributed by atoms with Gasteiger partial charge in [-0.25, -0.2) is 9.97 Å². The Morgan fingerprint density at radius 1 is 0.221 bits per heavy atom. The molecule has 0 aliphatic rings. The number of benzene rings is 16. The van der Waals surface area contributed by atoms with E-state index in [4.69, 9.17) is 22.9 Å². The maximum atomic E-state index is 9.73. The third kappa shape index (κ3) is 12.6. The number of para-hydroxylation sites is 12. The van der Waals surface area contributed by atoms with Gasteiger partial charge in [-0.3, -0.25) is 9.97 Å². The summed E-state index contributed by atoms with van der Waals surface area (Å²) in [5.41, 5.74) is 29.1. The maximum Gasteiger partial charge on any atom is 0.148 e. The third-order valence-electron chi connectivity index (χ3n) is 26.0. The maximum absolute atomic E-state index is 9.73. The first-order valence-corrected chi connectivity index (χ1v) is 44.5. The van der Waals surface area contributed by atoms with Crippen molar-refractivity contribution in [3.63, 3.8) is 0 Å². The van der Waals surface area contributed by atoms with E-state index in [2.05, 4.69) is 305 Å². The number of hydrogen-bond acceptors (Lipinski definition) is 12. The first kappa shape index (κ1) is 78.7. The molecule has 0 aliphatic heterocycles. The summed E-state index contributed by atoms with van der Waals surface area (Å²) in [7, 11) is 0. The molecule has 0 radical (unpaired) electrons. The number of pyridine rings is 4. The van der Waals surface area contributed by atoms with Crippen LogP contribution in [0.1, 0.15) is 22.5 Å². The van der Waals surface area contributed by atoms with Gasteiger partial charge in [0.25, 0.3) is 0 Å². The highest BCUT2D eigenvalue weighted by Gasteiger charge is 2.28. The molecule has 0 atom stereocenters. The van der Waals surface area contributed by atoms with E-state index in [9.17, 15) is 15.8 Å². The van der Waals surface area contributed by atoms with Crippen LogP contribution < -0.4 is 0 Å². The van der Waals surface area contributed by atoms with Crippen LogP contribution in [0.4, 0.5) is 0 Å². The zero-order valence-electron chi connectivity index (χ0n) is 72.3. The van der Waals surface area contributed by atoms with E-state index in [0.29, 0.717) is 28.2 Å². The molecule has 0 N–H and O–H groups in total. The molecule has 0 amide bonds. The lowest BCUT2D eigenvalue weighted by Gasteiger charge is -2.14. The van der Waals surface area contributed by atoms with Crippen molar-refractivity contribution in [1.82, 2.24) is 38.2 Å². The van der Waals surface area contributed by atoms with Crippen LogP contribution in [0.3, 0.4) is 0 Å². The average Bonchev–Trinajstić information content (AvgIpc) is 1.57. The van der Waals surface area contributed by atoms with Crippen LogP contribution in [0.2, 0.25) is 0 Å². The highest BCUT2D eigenvalue weighted by Crippen LogP contribution is 2.49. The molecule has 632 valence electrons. The standard InChI is InChI=1S/4C30H17N3O/c31-18-19-8-7-17-32-30(19)21-10-2-5-13-24(21)33-23-12-4-1-9-20(23)28-25(33)15-16-27-29(28)22-11-3-6-14-26(22)34-27;31-18-23-19(11-7-17-32-23)20-8-1-4-12-24(20)33-25-13-5-2-9-21(25)29-26(33)15-16-28-30(29)22-10-3-6-14-27(22)34-28;31-18-19-15-16-32-23(17-19)20-7-1-4-10-24(20)33-25-11-5-2-8-21(25)29-26(33)13-14-28-30(29)22-9-3-6-12-27(22)34-28;31-17-20-14-13-19(18-32-20)21-7-1-4-10-24(21)33-25-11-5-2-8-22(25)29-26(33)15-16-28-30(29)23-9-3-6-12-27(23)34-28/h3*1-17H;1-16,18H. The van der Waals surface area contributed by atoms with Crippen molar-refractivity contribution in [1.29, 1.82) is 21.0 Å². The number of hydrogen-bond donors (Lipinski definition) is 0. The van der Waals surface area contributed by atoms with Crippen molar-refractivity contribution < 1.29 is 17.7 Å². The Kier molecular flexibility index (Phi) is 18.7. The second-order valence-corrected chi connectivity index (χ2v) is 33.3. The second-order valence-electron chi connectivity index (χ2n) is 33.3. The van der Waals surface area contributed by atoms with Crippen LogP contribution in [-0.2, 0) is 0 Å². The molecule has 0 bridgehead atoms. The van der Waals surface area contributed by atoms with Gasteiger partial charge in [0.15, 0.2) is 0 Å². The van der Waals surface area contributed by atoms with Crippen molar-refractivity contribution in [3.05, 3.63) is 436 Å². The zero-order chi connectivity index (χ0) is 90.6. The van der Waals surface area contributed by atoms with Gasteiger partial charge in [0, 0.05) is 144 Å². The largest absolute Gasteiger partial charge is 0.456 e.